The van der Waals surface area contributed by atoms with Crippen molar-refractivity contribution in [2.75, 3.05) is 4.90 Å². The number of carbonyl (C=O) groups is 1. The fraction of sp³-hybridized carbons (Fsp3) is 0.294. The first kappa shape index (κ1) is 19.2. The lowest BCUT2D eigenvalue weighted by Crippen LogP contribution is -2.34. The summed E-state index contributed by atoms with van der Waals surface area (Å²) in [7, 11) is 0. The topological polar surface area (TPSA) is 53.4 Å². The zero-order chi connectivity index (χ0) is 19.9. The Morgan fingerprint density at radius 1 is 1.15 bits per heavy atom. The molecule has 1 atom stereocenters. The van der Waals surface area contributed by atoms with Gasteiger partial charge in [0.1, 0.15) is 11.8 Å². The minimum absolute atomic E-state index is 0.108. The van der Waals surface area contributed by atoms with Crippen LogP contribution in [-0.2, 0) is 17.3 Å². The van der Waals surface area contributed by atoms with Crippen molar-refractivity contribution in [3.05, 3.63) is 58.9 Å². The molecule has 3 rings (SSSR count). The van der Waals surface area contributed by atoms with Crippen LogP contribution in [0.25, 0.3) is 0 Å². The number of rotatable bonds is 5. The second-order valence-electron chi connectivity index (χ2n) is 5.88. The third kappa shape index (κ3) is 3.25. The first-order valence-corrected chi connectivity index (χ1v) is 7.67. The average Bonchev–Trinajstić information content (AvgIpc) is 2.82. The smallest absolute Gasteiger partial charge is 0.352 e. The first-order chi connectivity index (χ1) is 12.6. The Morgan fingerprint density at radius 2 is 1.85 bits per heavy atom. The van der Waals surface area contributed by atoms with Gasteiger partial charge in [-0.15, -0.1) is 0 Å². The molecule has 1 aliphatic heterocycles. The van der Waals surface area contributed by atoms with Crippen LogP contribution >= 0.6 is 0 Å². The molecule has 0 spiro atoms. The van der Waals surface area contributed by atoms with Crippen molar-refractivity contribution in [3.63, 3.8) is 0 Å². The quantitative estimate of drug-likeness (QED) is 0.787. The number of hydrogen-bond acceptors (Lipinski definition) is 3. The number of anilines is 1. The Labute approximate surface area is 149 Å². The van der Waals surface area contributed by atoms with Crippen molar-refractivity contribution >= 4 is 11.6 Å². The molecule has 2 heterocycles. The van der Waals surface area contributed by atoms with Crippen LogP contribution < -0.4 is 4.90 Å². The van der Waals surface area contributed by atoms with Gasteiger partial charge in [0, 0.05) is 6.20 Å². The lowest BCUT2D eigenvalue weighted by atomic mass is 9.98. The van der Waals surface area contributed by atoms with Gasteiger partial charge in [-0.2, -0.15) is 8.78 Å². The number of aliphatic hydroxyl groups is 1. The Balaban J connectivity index is 2.05. The molecule has 0 saturated carbocycles. The molecule has 1 unspecified atom stereocenters. The minimum Gasteiger partial charge on any atom is -0.382 e. The van der Waals surface area contributed by atoms with Crippen molar-refractivity contribution in [3.8, 4) is 0 Å². The van der Waals surface area contributed by atoms with E-state index >= 15 is 0 Å². The number of hydrogen-bond donors (Lipinski definition) is 1. The summed E-state index contributed by atoms with van der Waals surface area (Å²) in [5, 5.41) is 9.55. The van der Waals surface area contributed by atoms with Gasteiger partial charge in [-0.25, -0.2) is 17.6 Å². The van der Waals surface area contributed by atoms with E-state index in [4.69, 9.17) is 0 Å². The van der Waals surface area contributed by atoms with Gasteiger partial charge < -0.3 is 10.0 Å². The van der Waals surface area contributed by atoms with E-state index < -0.39 is 54.2 Å². The van der Waals surface area contributed by atoms with Crippen LogP contribution in [0.3, 0.4) is 0 Å². The summed E-state index contributed by atoms with van der Waals surface area (Å²) in [5.41, 5.74) is -2.61. The summed E-state index contributed by atoms with van der Waals surface area (Å²) in [6.07, 6.45) is -7.66. The molecule has 27 heavy (non-hydrogen) atoms. The Morgan fingerprint density at radius 3 is 2.48 bits per heavy atom. The zero-order valence-electron chi connectivity index (χ0n) is 13.4. The van der Waals surface area contributed by atoms with E-state index in [0.29, 0.717) is 4.90 Å². The van der Waals surface area contributed by atoms with E-state index in [1.165, 1.54) is 6.07 Å². The SMILES string of the molecule is O=C1N(Cc2ccnc(C(F)F)c2)c2cccc(C(O)C(F)F)c2C1(F)F. The maximum Gasteiger partial charge on any atom is 0.352 e. The highest BCUT2D eigenvalue weighted by molar-refractivity contribution is 6.06. The summed E-state index contributed by atoms with van der Waals surface area (Å²) in [5.74, 6) is -5.83. The zero-order valence-corrected chi connectivity index (χ0v) is 13.4. The van der Waals surface area contributed by atoms with Crippen molar-refractivity contribution in [2.24, 2.45) is 0 Å². The molecule has 0 aliphatic carbocycles. The number of carbonyl (C=O) groups excluding carboxylic acids is 1. The van der Waals surface area contributed by atoms with Crippen LogP contribution in [0.15, 0.2) is 36.5 Å². The van der Waals surface area contributed by atoms with Crippen LogP contribution in [0, 0.1) is 0 Å². The Hall–Kier alpha value is -2.62. The van der Waals surface area contributed by atoms with Gasteiger partial charge >= 0.3 is 11.8 Å². The van der Waals surface area contributed by atoms with E-state index in [-0.39, 0.29) is 11.3 Å². The van der Waals surface area contributed by atoms with Gasteiger partial charge in [-0.3, -0.25) is 9.78 Å². The molecule has 1 aliphatic rings. The predicted molar refractivity (Wildman–Crippen MR) is 81.7 cm³/mol. The predicted octanol–water partition coefficient (Wildman–Crippen LogP) is 3.96. The number of pyridine rings is 1. The highest BCUT2D eigenvalue weighted by atomic mass is 19.3. The van der Waals surface area contributed by atoms with E-state index in [1.54, 1.807) is 0 Å². The molecule has 0 saturated heterocycles. The molecule has 144 valence electrons. The highest BCUT2D eigenvalue weighted by Gasteiger charge is 2.55. The van der Waals surface area contributed by atoms with E-state index in [1.807, 2.05) is 0 Å². The molecular weight excluding hydrogens is 378 g/mol. The Kier molecular flexibility index (Phi) is 4.85. The van der Waals surface area contributed by atoms with Crippen LogP contribution in [0.2, 0.25) is 0 Å². The summed E-state index contributed by atoms with van der Waals surface area (Å²) in [4.78, 5) is 16.3. The van der Waals surface area contributed by atoms with E-state index in [2.05, 4.69) is 4.98 Å². The molecule has 1 aromatic heterocycles. The fourth-order valence-corrected chi connectivity index (χ4v) is 2.94. The third-order valence-electron chi connectivity index (χ3n) is 4.16. The number of benzene rings is 1. The number of fused-ring (bicyclic) bond motifs is 1. The van der Waals surface area contributed by atoms with Gasteiger partial charge in [0.05, 0.1) is 17.8 Å². The summed E-state index contributed by atoms with van der Waals surface area (Å²) < 4.78 is 80.1. The number of alkyl halides is 6. The molecule has 1 aromatic carbocycles. The minimum atomic E-state index is -4.14. The van der Waals surface area contributed by atoms with Crippen molar-refractivity contribution < 1.29 is 36.2 Å². The normalized spacial score (nSPS) is 16.9. The molecule has 2 aromatic rings. The van der Waals surface area contributed by atoms with E-state index in [9.17, 15) is 36.2 Å². The summed E-state index contributed by atoms with van der Waals surface area (Å²) >= 11 is 0. The summed E-state index contributed by atoms with van der Waals surface area (Å²) in [6, 6.07) is 5.39. The second-order valence-corrected chi connectivity index (χ2v) is 5.88. The van der Waals surface area contributed by atoms with Gasteiger partial charge in [0.15, 0.2) is 0 Å². The molecule has 10 heteroatoms. The molecule has 0 radical (unpaired) electrons. The van der Waals surface area contributed by atoms with Gasteiger partial charge in [-0.05, 0) is 29.3 Å². The highest BCUT2D eigenvalue weighted by Crippen LogP contribution is 2.48. The van der Waals surface area contributed by atoms with Crippen LogP contribution in [-0.4, -0.2) is 22.4 Å². The lowest BCUT2D eigenvalue weighted by Gasteiger charge is -2.18. The number of aliphatic hydroxyl groups excluding tert-OH is 1. The van der Waals surface area contributed by atoms with E-state index in [0.717, 1.165) is 30.5 Å². The van der Waals surface area contributed by atoms with Crippen molar-refractivity contribution in [1.29, 1.82) is 0 Å². The molecule has 0 fully saturated rings. The number of amides is 1. The number of halogens is 6. The molecule has 4 nitrogen and oxygen atoms in total. The Bertz CT molecular complexity index is 874. The van der Waals surface area contributed by atoms with Crippen LogP contribution in [0.1, 0.15) is 34.9 Å². The van der Waals surface area contributed by atoms with Crippen molar-refractivity contribution in [2.45, 2.75) is 31.4 Å². The largest absolute Gasteiger partial charge is 0.382 e. The maximum absolute atomic E-state index is 14.5. The molecule has 1 N–H and O–H groups in total. The summed E-state index contributed by atoms with van der Waals surface area (Å²) in [6.45, 7) is -0.488. The average molecular weight is 390 g/mol. The fourth-order valence-electron chi connectivity index (χ4n) is 2.94. The second kappa shape index (κ2) is 6.84. The number of nitrogens with zero attached hydrogens (tertiary/aromatic N) is 2. The maximum atomic E-state index is 14.5. The molecule has 1 amide bonds. The van der Waals surface area contributed by atoms with Gasteiger partial charge in [-0.1, -0.05) is 12.1 Å². The van der Waals surface area contributed by atoms with Gasteiger partial charge in [0.25, 0.3) is 12.9 Å². The van der Waals surface area contributed by atoms with Gasteiger partial charge in [0.2, 0.25) is 0 Å². The monoisotopic (exact) mass is 390 g/mol. The van der Waals surface area contributed by atoms with Crippen LogP contribution in [0.4, 0.5) is 32.0 Å². The number of aromatic nitrogens is 1. The molecular formula is C17H12F6N2O2. The van der Waals surface area contributed by atoms with Crippen LogP contribution in [0.5, 0.6) is 0 Å². The molecule has 0 bridgehead atoms. The first-order valence-electron chi connectivity index (χ1n) is 7.67. The lowest BCUT2D eigenvalue weighted by molar-refractivity contribution is -0.142. The third-order valence-corrected chi connectivity index (χ3v) is 4.16. The van der Waals surface area contributed by atoms with Crippen molar-refractivity contribution in [1.82, 2.24) is 4.98 Å². The standard InChI is InChI=1S/C17H12F6N2O2/c18-14(19)10-6-8(4-5-24-10)7-25-11-3-1-2-9(13(26)15(20)21)12(11)17(22,23)16(25)27/h1-6,13-15,26H,7H2.